The fourth-order valence-corrected chi connectivity index (χ4v) is 11.7. The van der Waals surface area contributed by atoms with Gasteiger partial charge in [0.25, 0.3) is 0 Å². The molecule has 330 valence electrons. The summed E-state index contributed by atoms with van der Waals surface area (Å²) in [5.41, 5.74) is 19.6. The van der Waals surface area contributed by atoms with E-state index in [1.807, 2.05) is 4.57 Å². The van der Waals surface area contributed by atoms with Crippen LogP contribution in [0.3, 0.4) is 0 Å². The van der Waals surface area contributed by atoms with Crippen molar-refractivity contribution in [1.29, 1.82) is 0 Å². The third-order valence-electron chi connectivity index (χ3n) is 15.0. The summed E-state index contributed by atoms with van der Waals surface area (Å²) in [6, 6.07) is 1.68. The highest BCUT2D eigenvalue weighted by Crippen LogP contribution is 2.66. The van der Waals surface area contributed by atoms with E-state index in [2.05, 4.69) is 39.9 Å². The van der Waals surface area contributed by atoms with Crippen LogP contribution in [0.15, 0.2) is 31.2 Å². The van der Waals surface area contributed by atoms with Crippen molar-refractivity contribution in [3.63, 3.8) is 0 Å². The molecule has 15 N–H and O–H groups in total. The molecule has 0 aliphatic heterocycles. The van der Waals surface area contributed by atoms with Gasteiger partial charge in [-0.25, -0.2) is 39.9 Å². The maximum atomic E-state index is 10.4. The molecule has 6 saturated carbocycles. The number of nitrogen functional groups attached to an aromatic ring is 3. The Morgan fingerprint density at radius 2 is 0.887 bits per heavy atom. The standard InChI is InChI=1S/2C13H17N5O3.C13H16N4O3/c2*1-5-16-11(14)8-12(17-5)18(4-15-8)13-2-7(13)6(3-19)9(20)10(13)21;14-8-1-2-15-12-9(8)16-5-17(12)13-3-7(13)6(4-18)10(19)11(13)20/h2*4,6-7,9-10,19-21H,2-3H2,1H3,(H2,14,16,17);1-2,5-7,10-11,18-20H,3-4H2,(H2,14,15). The van der Waals surface area contributed by atoms with Gasteiger partial charge in [-0.05, 0) is 56.9 Å². The van der Waals surface area contributed by atoms with Gasteiger partial charge in [0, 0.05) is 43.8 Å². The van der Waals surface area contributed by atoms with Crippen molar-refractivity contribution in [2.24, 2.45) is 35.5 Å². The van der Waals surface area contributed by atoms with Crippen molar-refractivity contribution in [3.8, 4) is 0 Å². The Kier molecular flexibility index (Phi) is 9.14. The van der Waals surface area contributed by atoms with E-state index < -0.39 is 53.2 Å². The molecule has 0 aromatic carbocycles. The molecule has 6 aliphatic rings. The molecule has 6 aromatic rings. The predicted octanol–water partition coefficient (Wildman–Crippen LogP) is -3.38. The number of nitrogens with two attached hydrogens (primary N) is 3. The molecule has 6 aromatic heterocycles. The van der Waals surface area contributed by atoms with Crippen LogP contribution < -0.4 is 17.2 Å². The summed E-state index contributed by atoms with van der Waals surface area (Å²) >= 11 is 0. The smallest absolute Gasteiger partial charge is 0.166 e. The molecule has 0 amide bonds. The maximum Gasteiger partial charge on any atom is 0.166 e. The number of hydrogen-bond donors (Lipinski definition) is 12. The molecule has 6 heterocycles. The summed E-state index contributed by atoms with van der Waals surface area (Å²) in [5.74, 6) is 0.789. The Morgan fingerprint density at radius 3 is 1.24 bits per heavy atom. The molecule has 0 bridgehead atoms. The Bertz CT molecular complexity index is 2610. The Balaban J connectivity index is 0.000000111. The summed E-state index contributed by atoms with van der Waals surface area (Å²) in [6.07, 6.45) is 2.85. The summed E-state index contributed by atoms with van der Waals surface area (Å²) in [5, 5.41) is 89.8. The number of hydrogen-bond acceptors (Lipinski definition) is 20. The molecule has 23 nitrogen and oxygen atoms in total. The maximum absolute atomic E-state index is 10.4. The van der Waals surface area contributed by atoms with E-state index in [-0.39, 0.29) is 55.3 Å². The summed E-state index contributed by atoms with van der Waals surface area (Å²) in [7, 11) is 0. The second-order valence-electron chi connectivity index (χ2n) is 17.8. The van der Waals surface area contributed by atoms with E-state index in [1.54, 1.807) is 54.2 Å². The van der Waals surface area contributed by atoms with Gasteiger partial charge in [0.05, 0.1) is 59.6 Å². The van der Waals surface area contributed by atoms with E-state index in [0.29, 0.717) is 81.7 Å². The van der Waals surface area contributed by atoms with Crippen molar-refractivity contribution >= 4 is 50.8 Å². The normalized spacial score (nSPS) is 38.3. The van der Waals surface area contributed by atoms with Gasteiger partial charge in [-0.2, -0.15) is 0 Å². The fourth-order valence-electron chi connectivity index (χ4n) is 11.7. The minimum atomic E-state index is -0.950. The number of aryl methyl sites for hydroxylation is 2. The quantitative estimate of drug-likeness (QED) is 0.0777. The van der Waals surface area contributed by atoms with Crippen LogP contribution in [0.2, 0.25) is 0 Å². The van der Waals surface area contributed by atoms with Gasteiger partial charge in [-0.15, -0.1) is 0 Å². The van der Waals surface area contributed by atoms with Gasteiger partial charge in [0.1, 0.15) is 46.5 Å². The zero-order valence-electron chi connectivity index (χ0n) is 33.7. The van der Waals surface area contributed by atoms with Crippen molar-refractivity contribution in [3.05, 3.63) is 42.9 Å². The molecule has 6 fully saturated rings. The summed E-state index contributed by atoms with van der Waals surface area (Å²) in [4.78, 5) is 34.0. The van der Waals surface area contributed by atoms with Gasteiger partial charge < -0.3 is 76.9 Å². The molecule has 0 spiro atoms. The van der Waals surface area contributed by atoms with E-state index in [4.69, 9.17) is 17.2 Å². The highest BCUT2D eigenvalue weighted by molar-refractivity contribution is 5.84. The van der Waals surface area contributed by atoms with E-state index in [1.165, 1.54) is 0 Å². The van der Waals surface area contributed by atoms with Crippen molar-refractivity contribution in [1.82, 2.24) is 53.6 Å². The van der Waals surface area contributed by atoms with Crippen LogP contribution in [0.25, 0.3) is 33.5 Å². The number of imidazole rings is 3. The Morgan fingerprint density at radius 1 is 0.532 bits per heavy atom. The first-order valence-electron chi connectivity index (χ1n) is 20.6. The summed E-state index contributed by atoms with van der Waals surface area (Å²) in [6.45, 7) is 3.06. The van der Waals surface area contributed by atoms with Gasteiger partial charge in [-0.3, -0.25) is 0 Å². The number of aliphatic hydroxyl groups excluding tert-OH is 9. The first-order valence-corrected chi connectivity index (χ1v) is 20.6. The third-order valence-corrected chi connectivity index (χ3v) is 15.0. The molecule has 15 atom stereocenters. The Hall–Kier alpha value is -5.24. The molecule has 23 heteroatoms. The van der Waals surface area contributed by atoms with Crippen LogP contribution >= 0.6 is 0 Å². The molecular formula is C39H50N14O9. The van der Waals surface area contributed by atoms with Crippen molar-refractivity contribution in [2.75, 3.05) is 37.0 Å². The van der Waals surface area contributed by atoms with Crippen molar-refractivity contribution < 1.29 is 46.0 Å². The number of aliphatic hydroxyl groups is 9. The van der Waals surface area contributed by atoms with Gasteiger partial charge in [0.2, 0.25) is 0 Å². The van der Waals surface area contributed by atoms with Gasteiger partial charge >= 0.3 is 0 Å². The van der Waals surface area contributed by atoms with Crippen LogP contribution in [0.4, 0.5) is 17.3 Å². The second kappa shape index (κ2) is 13.9. The highest BCUT2D eigenvalue weighted by Gasteiger charge is 2.74. The van der Waals surface area contributed by atoms with Crippen LogP contribution in [0.1, 0.15) is 30.9 Å². The minimum absolute atomic E-state index is 0.0152. The number of anilines is 3. The Labute approximate surface area is 351 Å². The SMILES string of the molecule is Cc1nc(N)c2ncn(C34CC3C(CO)C(O)C4O)c2n1.Cc1nc(N)c2ncn(C34CC3C(CO)C(O)C4O)c2n1.Nc1ccnc2c1ncn2C12CC1C(CO)C(O)C2O. The molecule has 0 radical (unpaired) electrons. The van der Waals surface area contributed by atoms with E-state index in [0.717, 1.165) is 0 Å². The van der Waals surface area contributed by atoms with Gasteiger partial charge in [0.15, 0.2) is 28.6 Å². The van der Waals surface area contributed by atoms with Crippen LogP contribution in [-0.4, -0.2) is 156 Å². The van der Waals surface area contributed by atoms with E-state index >= 15 is 0 Å². The first kappa shape index (κ1) is 40.8. The molecule has 62 heavy (non-hydrogen) atoms. The molecule has 0 saturated heterocycles. The second-order valence-corrected chi connectivity index (χ2v) is 17.8. The topological polar surface area (TPSA) is 378 Å². The molecular weight excluding hydrogens is 809 g/mol. The van der Waals surface area contributed by atoms with E-state index in [9.17, 15) is 46.0 Å². The lowest BCUT2D eigenvalue weighted by Crippen LogP contribution is -2.38. The monoisotopic (exact) mass is 858 g/mol. The number of fused-ring (bicyclic) bond motifs is 6. The number of rotatable bonds is 6. The molecule has 12 rings (SSSR count). The number of aromatic nitrogens is 11. The average molecular weight is 859 g/mol. The predicted molar refractivity (Wildman–Crippen MR) is 217 cm³/mol. The van der Waals surface area contributed by atoms with Crippen molar-refractivity contribution in [2.45, 2.75) is 86.4 Å². The zero-order valence-corrected chi connectivity index (χ0v) is 33.7. The van der Waals surface area contributed by atoms with Crippen LogP contribution in [0, 0.1) is 49.4 Å². The third kappa shape index (κ3) is 5.30. The first-order chi connectivity index (χ1) is 29.6. The summed E-state index contributed by atoms with van der Waals surface area (Å²) < 4.78 is 5.40. The molecule has 6 aliphatic carbocycles. The largest absolute Gasteiger partial charge is 0.397 e. The number of nitrogens with zero attached hydrogens (tertiary/aromatic N) is 11. The minimum Gasteiger partial charge on any atom is -0.397 e. The lowest BCUT2D eigenvalue weighted by Gasteiger charge is -2.24. The highest BCUT2D eigenvalue weighted by atomic mass is 16.3. The molecule has 15 unspecified atom stereocenters. The van der Waals surface area contributed by atoms with Gasteiger partial charge in [-0.1, -0.05) is 0 Å². The fraction of sp³-hybridized carbons (Fsp3) is 0.590. The lowest BCUT2D eigenvalue weighted by molar-refractivity contribution is -0.0273. The zero-order chi connectivity index (χ0) is 43.9. The van der Waals surface area contributed by atoms with Crippen LogP contribution in [0.5, 0.6) is 0 Å². The average Bonchev–Trinajstić information content (AvgIpc) is 4.10. The lowest BCUT2D eigenvalue weighted by atomic mass is 10.0. The number of pyridine rings is 1. The van der Waals surface area contributed by atoms with Crippen LogP contribution in [-0.2, 0) is 16.6 Å².